The maximum atomic E-state index is 9.96. The summed E-state index contributed by atoms with van der Waals surface area (Å²) < 4.78 is 10.3. The normalized spacial score (nSPS) is 12.4. The van der Waals surface area contributed by atoms with E-state index >= 15 is 0 Å². The summed E-state index contributed by atoms with van der Waals surface area (Å²) in [6.45, 7) is 1.84. The molecule has 0 aliphatic rings. The molecule has 0 saturated heterocycles. The van der Waals surface area contributed by atoms with Crippen LogP contribution in [0.1, 0.15) is 23.3 Å². The van der Waals surface area contributed by atoms with Crippen LogP contribution in [0.3, 0.4) is 0 Å². The molecule has 0 aromatic carbocycles. The highest BCUT2D eigenvalue weighted by Crippen LogP contribution is 2.20. The summed E-state index contributed by atoms with van der Waals surface area (Å²) in [5.74, 6) is 1.80. The van der Waals surface area contributed by atoms with Crippen LogP contribution in [0.25, 0.3) is 0 Å². The third-order valence-electron chi connectivity index (χ3n) is 2.40. The highest BCUT2D eigenvalue weighted by molar-refractivity contribution is 5.16. The second-order valence-electron chi connectivity index (χ2n) is 3.72. The van der Waals surface area contributed by atoms with Gasteiger partial charge in [0, 0.05) is 12.5 Å². The van der Waals surface area contributed by atoms with Crippen LogP contribution in [0.4, 0.5) is 0 Å². The molecular weight excluding hydrogens is 220 g/mol. The summed E-state index contributed by atoms with van der Waals surface area (Å²) >= 11 is 0. The Morgan fingerprint density at radius 2 is 2.24 bits per heavy atom. The standard InChI is InChI=1S/C12H14N2O3/c1-8-3-4-11(17-8)10(15)5-9-6-12(16-2)14-7-13-9/h3-4,6-7,10,15H,5H2,1-2H3. The Labute approximate surface area is 99.1 Å². The van der Waals surface area contributed by atoms with E-state index in [1.165, 1.54) is 6.33 Å². The molecule has 2 aromatic rings. The quantitative estimate of drug-likeness (QED) is 0.871. The summed E-state index contributed by atoms with van der Waals surface area (Å²) in [6.07, 6.45) is 1.07. The van der Waals surface area contributed by atoms with E-state index in [1.54, 1.807) is 19.2 Å². The Bertz CT molecular complexity index is 496. The van der Waals surface area contributed by atoms with Gasteiger partial charge in [0.1, 0.15) is 24.0 Å². The van der Waals surface area contributed by atoms with Crippen molar-refractivity contribution < 1.29 is 14.3 Å². The first-order valence-corrected chi connectivity index (χ1v) is 5.28. The molecule has 0 bridgehead atoms. The summed E-state index contributed by atoms with van der Waals surface area (Å²) in [6, 6.07) is 5.27. The van der Waals surface area contributed by atoms with E-state index in [0.29, 0.717) is 23.8 Å². The molecule has 0 amide bonds. The predicted molar refractivity (Wildman–Crippen MR) is 60.7 cm³/mol. The van der Waals surface area contributed by atoms with E-state index in [2.05, 4.69) is 9.97 Å². The largest absolute Gasteiger partial charge is 0.481 e. The molecule has 90 valence electrons. The zero-order chi connectivity index (χ0) is 12.3. The fourth-order valence-electron chi connectivity index (χ4n) is 1.53. The number of hydrogen-bond acceptors (Lipinski definition) is 5. The Balaban J connectivity index is 2.09. The summed E-state index contributed by atoms with van der Waals surface area (Å²) in [4.78, 5) is 7.97. The fraction of sp³-hybridized carbons (Fsp3) is 0.333. The minimum Gasteiger partial charge on any atom is -0.481 e. The summed E-state index contributed by atoms with van der Waals surface area (Å²) in [7, 11) is 1.54. The van der Waals surface area contributed by atoms with Gasteiger partial charge in [-0.25, -0.2) is 9.97 Å². The van der Waals surface area contributed by atoms with Crippen molar-refractivity contribution in [2.24, 2.45) is 0 Å². The molecule has 0 fully saturated rings. The molecule has 5 heteroatoms. The van der Waals surface area contributed by atoms with E-state index in [1.807, 2.05) is 13.0 Å². The van der Waals surface area contributed by atoms with Gasteiger partial charge in [-0.2, -0.15) is 0 Å². The van der Waals surface area contributed by atoms with Crippen LogP contribution in [-0.2, 0) is 6.42 Å². The number of furan rings is 1. The molecule has 0 saturated carbocycles. The van der Waals surface area contributed by atoms with Crippen molar-refractivity contribution in [1.82, 2.24) is 9.97 Å². The van der Waals surface area contributed by atoms with Gasteiger partial charge < -0.3 is 14.3 Å². The van der Waals surface area contributed by atoms with Gasteiger partial charge in [0.15, 0.2) is 0 Å². The van der Waals surface area contributed by atoms with Crippen LogP contribution in [0.15, 0.2) is 28.9 Å². The number of aliphatic hydroxyl groups excluding tert-OH is 1. The number of hydrogen-bond donors (Lipinski definition) is 1. The number of aliphatic hydroxyl groups is 1. The third kappa shape index (κ3) is 2.82. The Hall–Kier alpha value is -1.88. The minimum atomic E-state index is -0.705. The molecule has 2 aromatic heterocycles. The van der Waals surface area contributed by atoms with Gasteiger partial charge in [-0.05, 0) is 19.1 Å². The lowest BCUT2D eigenvalue weighted by Crippen LogP contribution is -2.03. The van der Waals surface area contributed by atoms with Gasteiger partial charge in [-0.3, -0.25) is 0 Å². The van der Waals surface area contributed by atoms with Crippen molar-refractivity contribution in [3.05, 3.63) is 41.7 Å². The number of methoxy groups -OCH3 is 1. The zero-order valence-corrected chi connectivity index (χ0v) is 9.75. The maximum absolute atomic E-state index is 9.96. The first-order chi connectivity index (χ1) is 8.19. The molecule has 1 N–H and O–H groups in total. The van der Waals surface area contributed by atoms with Crippen LogP contribution >= 0.6 is 0 Å². The van der Waals surface area contributed by atoms with Crippen LogP contribution < -0.4 is 4.74 Å². The van der Waals surface area contributed by atoms with Crippen LogP contribution in [0.2, 0.25) is 0 Å². The van der Waals surface area contributed by atoms with Crippen molar-refractivity contribution in [1.29, 1.82) is 0 Å². The van der Waals surface area contributed by atoms with E-state index in [9.17, 15) is 5.11 Å². The van der Waals surface area contributed by atoms with Crippen molar-refractivity contribution in [2.45, 2.75) is 19.4 Å². The monoisotopic (exact) mass is 234 g/mol. The Morgan fingerprint density at radius 3 is 2.88 bits per heavy atom. The van der Waals surface area contributed by atoms with Gasteiger partial charge in [-0.1, -0.05) is 0 Å². The second kappa shape index (κ2) is 4.97. The molecule has 1 atom stereocenters. The molecule has 0 aliphatic carbocycles. The average molecular weight is 234 g/mol. The van der Waals surface area contributed by atoms with E-state index < -0.39 is 6.10 Å². The van der Waals surface area contributed by atoms with Gasteiger partial charge in [0.05, 0.1) is 12.8 Å². The van der Waals surface area contributed by atoms with Gasteiger partial charge in [-0.15, -0.1) is 0 Å². The molecule has 1 unspecified atom stereocenters. The smallest absolute Gasteiger partial charge is 0.216 e. The summed E-state index contributed by atoms with van der Waals surface area (Å²) in [5, 5.41) is 9.96. The molecule has 2 heterocycles. The van der Waals surface area contributed by atoms with Gasteiger partial charge in [0.25, 0.3) is 0 Å². The number of ether oxygens (including phenoxy) is 1. The average Bonchev–Trinajstić information content (AvgIpc) is 2.76. The fourth-order valence-corrected chi connectivity index (χ4v) is 1.53. The van der Waals surface area contributed by atoms with E-state index in [0.717, 1.165) is 5.76 Å². The zero-order valence-electron chi connectivity index (χ0n) is 9.75. The maximum Gasteiger partial charge on any atom is 0.216 e. The van der Waals surface area contributed by atoms with Crippen molar-refractivity contribution in [3.8, 4) is 5.88 Å². The topological polar surface area (TPSA) is 68.4 Å². The molecule has 17 heavy (non-hydrogen) atoms. The number of nitrogens with zero attached hydrogens (tertiary/aromatic N) is 2. The van der Waals surface area contributed by atoms with Crippen LogP contribution in [-0.4, -0.2) is 22.2 Å². The first kappa shape index (κ1) is 11.6. The highest BCUT2D eigenvalue weighted by atomic mass is 16.5. The van der Waals surface area contributed by atoms with Crippen molar-refractivity contribution in [3.63, 3.8) is 0 Å². The van der Waals surface area contributed by atoms with Crippen molar-refractivity contribution >= 4 is 0 Å². The summed E-state index contributed by atoms with van der Waals surface area (Å²) in [5.41, 5.74) is 0.707. The molecular formula is C12H14N2O3. The first-order valence-electron chi connectivity index (χ1n) is 5.28. The molecule has 0 radical (unpaired) electrons. The number of aryl methyl sites for hydroxylation is 1. The van der Waals surface area contributed by atoms with Crippen LogP contribution in [0.5, 0.6) is 5.88 Å². The number of rotatable bonds is 4. The lowest BCUT2D eigenvalue weighted by atomic mass is 10.1. The molecule has 0 spiro atoms. The van der Waals surface area contributed by atoms with E-state index in [4.69, 9.17) is 9.15 Å². The lowest BCUT2D eigenvalue weighted by molar-refractivity contribution is 0.147. The third-order valence-corrected chi connectivity index (χ3v) is 2.40. The van der Waals surface area contributed by atoms with E-state index in [-0.39, 0.29) is 0 Å². The molecule has 5 nitrogen and oxygen atoms in total. The van der Waals surface area contributed by atoms with Crippen LogP contribution in [0, 0.1) is 6.92 Å². The number of aromatic nitrogens is 2. The molecule has 0 aliphatic heterocycles. The highest BCUT2D eigenvalue weighted by Gasteiger charge is 2.13. The lowest BCUT2D eigenvalue weighted by Gasteiger charge is -2.07. The second-order valence-corrected chi connectivity index (χ2v) is 3.72. The Morgan fingerprint density at radius 1 is 1.41 bits per heavy atom. The minimum absolute atomic E-state index is 0.367. The van der Waals surface area contributed by atoms with Gasteiger partial charge in [0.2, 0.25) is 5.88 Å². The Kier molecular flexibility index (Phi) is 3.39. The predicted octanol–water partition coefficient (Wildman–Crippen LogP) is 1.66. The SMILES string of the molecule is COc1cc(CC(O)c2ccc(C)o2)ncn1. The van der Waals surface area contributed by atoms with Crippen molar-refractivity contribution in [2.75, 3.05) is 7.11 Å². The van der Waals surface area contributed by atoms with Gasteiger partial charge >= 0.3 is 0 Å². The molecule has 2 rings (SSSR count).